The summed E-state index contributed by atoms with van der Waals surface area (Å²) in [6, 6.07) is 6.74. The number of esters is 1. The van der Waals surface area contributed by atoms with Crippen LogP contribution in [0.4, 0.5) is 0 Å². The first-order valence-corrected chi connectivity index (χ1v) is 8.65. The fourth-order valence-electron chi connectivity index (χ4n) is 2.48. The van der Waals surface area contributed by atoms with Crippen molar-refractivity contribution in [3.05, 3.63) is 52.7 Å². The van der Waals surface area contributed by atoms with Crippen molar-refractivity contribution < 1.29 is 18.8 Å². The van der Waals surface area contributed by atoms with Gasteiger partial charge in [0.25, 0.3) is 0 Å². The van der Waals surface area contributed by atoms with Crippen LogP contribution < -0.4 is 4.74 Å². The van der Waals surface area contributed by atoms with Gasteiger partial charge in [-0.1, -0.05) is 12.1 Å². The van der Waals surface area contributed by atoms with Gasteiger partial charge in [-0.05, 0) is 55.0 Å². The van der Waals surface area contributed by atoms with Crippen LogP contribution in [0, 0.1) is 13.8 Å². The van der Waals surface area contributed by atoms with Crippen LogP contribution >= 0.6 is 0 Å². The van der Waals surface area contributed by atoms with Crippen LogP contribution in [0.1, 0.15) is 46.5 Å². The molecule has 0 spiro atoms. The Labute approximate surface area is 156 Å². The second-order valence-corrected chi connectivity index (χ2v) is 6.01. The first kappa shape index (κ1) is 18.6. The van der Waals surface area contributed by atoms with E-state index < -0.39 is 5.97 Å². The summed E-state index contributed by atoms with van der Waals surface area (Å²) in [4.78, 5) is 12.2. The number of aromatic nitrogens is 5. The summed E-state index contributed by atoms with van der Waals surface area (Å²) in [5, 5.41) is 15.2. The Morgan fingerprint density at radius 3 is 2.63 bits per heavy atom. The molecule has 1 aromatic carbocycles. The second kappa shape index (κ2) is 8.43. The van der Waals surface area contributed by atoms with Gasteiger partial charge < -0.3 is 14.0 Å². The molecule has 0 saturated carbocycles. The lowest BCUT2D eigenvalue weighted by molar-refractivity contribution is 0.0456. The molecule has 0 radical (unpaired) electrons. The Bertz CT molecular complexity index is 881. The maximum atomic E-state index is 12.2. The molecule has 2 aromatic heterocycles. The highest BCUT2D eigenvalue weighted by molar-refractivity contribution is 5.89. The average Bonchev–Trinajstić information content (AvgIpc) is 3.25. The van der Waals surface area contributed by atoms with E-state index >= 15 is 0 Å². The lowest BCUT2D eigenvalue weighted by Gasteiger charge is -2.08. The van der Waals surface area contributed by atoms with Crippen molar-refractivity contribution in [1.82, 2.24) is 25.4 Å². The van der Waals surface area contributed by atoms with Crippen LogP contribution in [0.5, 0.6) is 5.75 Å². The number of aryl methyl sites for hydroxylation is 3. The van der Waals surface area contributed by atoms with E-state index in [2.05, 4.69) is 20.7 Å². The number of benzene rings is 1. The van der Waals surface area contributed by atoms with Gasteiger partial charge in [-0.3, -0.25) is 0 Å². The summed E-state index contributed by atoms with van der Waals surface area (Å²) < 4.78 is 17.7. The molecule has 0 aliphatic rings. The predicted octanol–water partition coefficient (Wildman–Crippen LogP) is 2.62. The molecular formula is C18H21N5O4. The van der Waals surface area contributed by atoms with Crippen molar-refractivity contribution in [2.75, 3.05) is 0 Å². The molecule has 0 fully saturated rings. The molecule has 0 bridgehead atoms. The first-order chi connectivity index (χ1) is 13.1. The topological polar surface area (TPSA) is 105 Å². The fourth-order valence-corrected chi connectivity index (χ4v) is 2.48. The molecule has 9 heteroatoms. The van der Waals surface area contributed by atoms with Crippen LogP contribution in [-0.4, -0.2) is 31.3 Å². The van der Waals surface area contributed by atoms with E-state index in [0.29, 0.717) is 30.3 Å². The Hall–Kier alpha value is -3.23. The Balaban J connectivity index is 1.55. The highest BCUT2D eigenvalue weighted by Crippen LogP contribution is 2.18. The maximum absolute atomic E-state index is 12.2. The molecule has 3 aromatic rings. The molecule has 0 aliphatic carbocycles. The third-order valence-corrected chi connectivity index (χ3v) is 4.03. The summed E-state index contributed by atoms with van der Waals surface area (Å²) in [5.74, 6) is 1.44. The van der Waals surface area contributed by atoms with Gasteiger partial charge in [0, 0.05) is 6.54 Å². The van der Waals surface area contributed by atoms with Gasteiger partial charge in [-0.2, -0.15) is 0 Å². The molecule has 142 valence electrons. The Morgan fingerprint density at radius 1 is 1.19 bits per heavy atom. The minimum absolute atomic E-state index is 0.0239. The number of rotatable bonds is 8. The number of carbonyl (C=O) groups excluding carboxylic acids is 1. The predicted molar refractivity (Wildman–Crippen MR) is 94.0 cm³/mol. The third-order valence-electron chi connectivity index (χ3n) is 4.03. The van der Waals surface area contributed by atoms with Crippen molar-refractivity contribution in [3.8, 4) is 5.75 Å². The van der Waals surface area contributed by atoms with Crippen molar-refractivity contribution >= 4 is 5.97 Å². The molecule has 27 heavy (non-hydrogen) atoms. The lowest BCUT2D eigenvalue weighted by Crippen LogP contribution is -2.11. The summed E-state index contributed by atoms with van der Waals surface area (Å²) in [6.07, 6.45) is 0.890. The zero-order valence-electron chi connectivity index (χ0n) is 15.5. The van der Waals surface area contributed by atoms with Crippen molar-refractivity contribution in [2.24, 2.45) is 0 Å². The third kappa shape index (κ3) is 4.49. The van der Waals surface area contributed by atoms with Gasteiger partial charge in [0.05, 0.1) is 16.8 Å². The molecule has 0 amide bonds. The van der Waals surface area contributed by atoms with E-state index in [1.54, 1.807) is 28.9 Å². The standard InChI is InChI=1S/C18H21N5O4/c1-4-9-23-17(19-21-22-23)11-26-18(24)14-5-7-15(8-6-14)25-10-16-12(2)20-27-13(16)3/h5-8H,4,9-11H2,1-3H3. The SMILES string of the molecule is CCCn1nnnc1COC(=O)c1ccc(OCc2c(C)noc2C)cc1. The number of nitrogens with zero attached hydrogens (tertiary/aromatic N) is 5. The van der Waals surface area contributed by atoms with Crippen LogP contribution in [0.25, 0.3) is 0 Å². The van der Waals surface area contributed by atoms with Gasteiger partial charge in [0.1, 0.15) is 18.1 Å². The van der Waals surface area contributed by atoms with Gasteiger partial charge in [-0.15, -0.1) is 5.10 Å². The largest absolute Gasteiger partial charge is 0.489 e. The van der Waals surface area contributed by atoms with E-state index in [-0.39, 0.29) is 6.61 Å². The monoisotopic (exact) mass is 371 g/mol. The highest BCUT2D eigenvalue weighted by atomic mass is 16.5. The van der Waals surface area contributed by atoms with Gasteiger partial charge in [0.15, 0.2) is 12.4 Å². The second-order valence-electron chi connectivity index (χ2n) is 6.01. The van der Waals surface area contributed by atoms with Crippen molar-refractivity contribution in [1.29, 1.82) is 0 Å². The molecule has 0 aliphatic heterocycles. The van der Waals surface area contributed by atoms with Crippen LogP contribution in [0.2, 0.25) is 0 Å². The van der Waals surface area contributed by atoms with E-state index in [0.717, 1.165) is 23.4 Å². The Morgan fingerprint density at radius 2 is 1.96 bits per heavy atom. The summed E-state index contributed by atoms with van der Waals surface area (Å²) in [7, 11) is 0. The zero-order valence-corrected chi connectivity index (χ0v) is 15.5. The van der Waals surface area contributed by atoms with E-state index in [9.17, 15) is 4.79 Å². The minimum Gasteiger partial charge on any atom is -0.489 e. The summed E-state index contributed by atoms with van der Waals surface area (Å²) in [6.45, 7) is 6.78. The molecule has 9 nitrogen and oxygen atoms in total. The van der Waals surface area contributed by atoms with Crippen LogP contribution in [0.3, 0.4) is 0 Å². The maximum Gasteiger partial charge on any atom is 0.338 e. The van der Waals surface area contributed by atoms with E-state index in [4.69, 9.17) is 14.0 Å². The Kier molecular flexibility index (Phi) is 5.80. The highest BCUT2D eigenvalue weighted by Gasteiger charge is 2.13. The minimum atomic E-state index is -0.446. The number of carbonyl (C=O) groups is 1. The van der Waals surface area contributed by atoms with Gasteiger partial charge in [-0.25, -0.2) is 9.48 Å². The van der Waals surface area contributed by atoms with Crippen LogP contribution in [0.15, 0.2) is 28.8 Å². The first-order valence-electron chi connectivity index (χ1n) is 8.65. The zero-order chi connectivity index (χ0) is 19.2. The molecule has 3 rings (SSSR count). The number of tetrazole rings is 1. The summed E-state index contributed by atoms with van der Waals surface area (Å²) in [5.41, 5.74) is 2.15. The number of hydrogen-bond donors (Lipinski definition) is 0. The average molecular weight is 371 g/mol. The molecule has 0 N–H and O–H groups in total. The van der Waals surface area contributed by atoms with Crippen molar-refractivity contribution in [3.63, 3.8) is 0 Å². The molecular weight excluding hydrogens is 350 g/mol. The normalized spacial score (nSPS) is 10.8. The molecule has 0 saturated heterocycles. The fraction of sp³-hybridized carbons (Fsp3) is 0.389. The molecule has 0 unspecified atom stereocenters. The smallest absolute Gasteiger partial charge is 0.338 e. The lowest BCUT2D eigenvalue weighted by atomic mass is 10.2. The van der Waals surface area contributed by atoms with E-state index in [1.165, 1.54) is 0 Å². The van der Waals surface area contributed by atoms with Gasteiger partial charge in [0.2, 0.25) is 0 Å². The number of hydrogen-bond acceptors (Lipinski definition) is 8. The summed E-state index contributed by atoms with van der Waals surface area (Å²) >= 11 is 0. The molecule has 2 heterocycles. The number of ether oxygens (including phenoxy) is 2. The quantitative estimate of drug-likeness (QED) is 0.556. The van der Waals surface area contributed by atoms with Crippen LogP contribution in [-0.2, 0) is 24.5 Å². The van der Waals surface area contributed by atoms with Crippen molar-refractivity contribution in [2.45, 2.75) is 47.0 Å². The van der Waals surface area contributed by atoms with Gasteiger partial charge >= 0.3 is 5.97 Å². The molecule has 0 atom stereocenters. The van der Waals surface area contributed by atoms with E-state index in [1.807, 2.05) is 20.8 Å².